The van der Waals surface area contributed by atoms with Crippen molar-refractivity contribution in [2.24, 2.45) is 0 Å². The molecule has 0 N–H and O–H groups in total. The minimum absolute atomic E-state index is 0.0426. The first kappa shape index (κ1) is 18.9. The van der Waals surface area contributed by atoms with Crippen LogP contribution in [0, 0.1) is 0 Å². The van der Waals surface area contributed by atoms with E-state index < -0.39 is 0 Å². The average molecular weight is 492 g/mol. The lowest BCUT2D eigenvalue weighted by molar-refractivity contribution is -0.110. The van der Waals surface area contributed by atoms with E-state index in [4.69, 9.17) is 0 Å². The molecule has 0 aliphatic carbocycles. The Kier molecular flexibility index (Phi) is 5.56. The van der Waals surface area contributed by atoms with Gasteiger partial charge in [0.25, 0.3) is 0 Å². The van der Waals surface area contributed by atoms with Crippen LogP contribution < -0.4 is 0 Å². The molecule has 4 aromatic rings. The fraction of sp³-hybridized carbons (Fsp3) is 0. The van der Waals surface area contributed by atoms with Crippen molar-refractivity contribution >= 4 is 71.3 Å². The monoisotopic (exact) mass is 490 g/mol. The molecular weight excluding hydrogens is 476 g/mol. The molecule has 0 spiro atoms. The van der Waals surface area contributed by atoms with E-state index >= 15 is 0 Å². The molecule has 28 heavy (non-hydrogen) atoms. The molecule has 0 aromatic heterocycles. The maximum atomic E-state index is 12.4. The summed E-state index contributed by atoms with van der Waals surface area (Å²) in [6.45, 7) is 0. The highest BCUT2D eigenvalue weighted by atomic mass is 79.9. The van der Waals surface area contributed by atoms with Gasteiger partial charge in [-0.05, 0) is 69.1 Å². The fourth-order valence-electron chi connectivity index (χ4n) is 3.23. The maximum absolute atomic E-state index is 12.4. The highest BCUT2D eigenvalue weighted by Gasteiger charge is 2.01. The zero-order chi connectivity index (χ0) is 19.5. The van der Waals surface area contributed by atoms with Gasteiger partial charge in [-0.25, -0.2) is 0 Å². The van der Waals surface area contributed by atoms with Crippen LogP contribution in [0.1, 0.15) is 11.1 Å². The molecule has 0 fully saturated rings. The Labute approximate surface area is 180 Å². The molecule has 0 radical (unpaired) electrons. The summed E-state index contributed by atoms with van der Waals surface area (Å²) in [6, 6.07) is 24.5. The van der Waals surface area contributed by atoms with E-state index in [0.717, 1.165) is 41.6 Å². The number of carbonyl (C=O) groups is 1. The van der Waals surface area contributed by atoms with E-state index in [-0.39, 0.29) is 5.78 Å². The van der Waals surface area contributed by atoms with Crippen LogP contribution in [0.4, 0.5) is 0 Å². The van der Waals surface area contributed by atoms with Crippen molar-refractivity contribution in [3.05, 3.63) is 105 Å². The second-order valence-electron chi connectivity index (χ2n) is 6.49. The SMILES string of the molecule is O=C(/C=C/c1cccc2ccc(Br)cc12)/C=C/c1cccc2ccc(Br)cc12. The number of rotatable bonds is 4. The summed E-state index contributed by atoms with van der Waals surface area (Å²) in [5.41, 5.74) is 2.05. The Morgan fingerprint density at radius 1 is 0.643 bits per heavy atom. The van der Waals surface area contributed by atoms with Crippen LogP contribution >= 0.6 is 31.9 Å². The van der Waals surface area contributed by atoms with E-state index in [1.54, 1.807) is 12.2 Å². The highest BCUT2D eigenvalue weighted by molar-refractivity contribution is 9.10. The number of ketones is 1. The number of allylic oxidation sites excluding steroid dienone is 2. The second kappa shape index (κ2) is 8.26. The number of hydrogen-bond acceptors (Lipinski definition) is 1. The van der Waals surface area contributed by atoms with Crippen LogP contribution in [-0.4, -0.2) is 5.78 Å². The van der Waals surface area contributed by atoms with Gasteiger partial charge in [-0.2, -0.15) is 0 Å². The zero-order valence-electron chi connectivity index (χ0n) is 14.9. The molecule has 4 aromatic carbocycles. The van der Waals surface area contributed by atoms with Crippen molar-refractivity contribution in [1.82, 2.24) is 0 Å². The molecule has 4 rings (SSSR count). The van der Waals surface area contributed by atoms with Crippen molar-refractivity contribution in [3.8, 4) is 0 Å². The van der Waals surface area contributed by atoms with Crippen molar-refractivity contribution in [1.29, 1.82) is 0 Å². The molecular formula is C25H16Br2O. The first-order chi connectivity index (χ1) is 13.6. The topological polar surface area (TPSA) is 17.1 Å². The average Bonchev–Trinajstić information content (AvgIpc) is 2.70. The maximum Gasteiger partial charge on any atom is 0.178 e. The zero-order valence-corrected chi connectivity index (χ0v) is 18.1. The number of carbonyl (C=O) groups excluding carboxylic acids is 1. The van der Waals surface area contributed by atoms with Gasteiger partial charge in [0.2, 0.25) is 0 Å². The molecule has 136 valence electrons. The summed E-state index contributed by atoms with van der Waals surface area (Å²) < 4.78 is 2.04. The normalized spacial score (nSPS) is 11.8. The Bertz CT molecular complexity index is 1150. The van der Waals surface area contributed by atoms with Crippen molar-refractivity contribution in [3.63, 3.8) is 0 Å². The second-order valence-corrected chi connectivity index (χ2v) is 8.33. The van der Waals surface area contributed by atoms with Gasteiger partial charge in [-0.1, -0.05) is 92.5 Å². The van der Waals surface area contributed by atoms with Gasteiger partial charge in [0, 0.05) is 8.95 Å². The summed E-state index contributed by atoms with van der Waals surface area (Å²) in [5.74, 6) is -0.0426. The smallest absolute Gasteiger partial charge is 0.178 e. The lowest BCUT2D eigenvalue weighted by Crippen LogP contribution is -1.86. The minimum atomic E-state index is -0.0426. The van der Waals surface area contributed by atoms with Crippen molar-refractivity contribution in [2.75, 3.05) is 0 Å². The third-order valence-corrected chi connectivity index (χ3v) is 5.60. The fourth-order valence-corrected chi connectivity index (χ4v) is 3.95. The quantitative estimate of drug-likeness (QED) is 0.266. The Balaban J connectivity index is 1.60. The van der Waals surface area contributed by atoms with E-state index in [1.165, 1.54) is 0 Å². The van der Waals surface area contributed by atoms with Crippen LogP contribution in [0.15, 0.2) is 93.9 Å². The molecule has 0 saturated carbocycles. The largest absolute Gasteiger partial charge is 0.290 e. The predicted octanol–water partition coefficient (Wildman–Crippen LogP) is 7.81. The third-order valence-electron chi connectivity index (χ3n) is 4.61. The van der Waals surface area contributed by atoms with Crippen LogP contribution in [0.3, 0.4) is 0 Å². The molecule has 0 aliphatic heterocycles. The molecule has 0 saturated heterocycles. The minimum Gasteiger partial charge on any atom is -0.290 e. The molecule has 0 heterocycles. The first-order valence-electron chi connectivity index (χ1n) is 8.87. The van der Waals surface area contributed by atoms with E-state index in [1.807, 2.05) is 48.6 Å². The summed E-state index contributed by atoms with van der Waals surface area (Å²) in [6.07, 6.45) is 6.99. The van der Waals surface area contributed by atoms with Crippen LogP contribution in [-0.2, 0) is 4.79 Å². The molecule has 0 atom stereocenters. The van der Waals surface area contributed by atoms with Gasteiger partial charge in [0.15, 0.2) is 5.78 Å². The predicted molar refractivity (Wildman–Crippen MR) is 126 cm³/mol. The molecule has 1 nitrogen and oxygen atoms in total. The van der Waals surface area contributed by atoms with Gasteiger partial charge in [0.05, 0.1) is 0 Å². The van der Waals surface area contributed by atoms with Crippen molar-refractivity contribution in [2.45, 2.75) is 0 Å². The summed E-state index contributed by atoms with van der Waals surface area (Å²) in [4.78, 5) is 12.4. The standard InChI is InChI=1S/C25H16Br2O/c26-21-11-7-17-3-1-5-19(24(17)15-21)9-13-23(28)14-10-20-6-2-4-18-8-12-22(27)16-25(18)20/h1-16H/b13-9+,14-10+. The van der Waals surface area contributed by atoms with Gasteiger partial charge >= 0.3 is 0 Å². The van der Waals surface area contributed by atoms with Gasteiger partial charge in [-0.15, -0.1) is 0 Å². The van der Waals surface area contributed by atoms with Crippen molar-refractivity contribution < 1.29 is 4.79 Å². The lowest BCUT2D eigenvalue weighted by Gasteiger charge is -2.03. The van der Waals surface area contributed by atoms with Gasteiger partial charge in [0.1, 0.15) is 0 Å². The summed E-state index contributed by atoms with van der Waals surface area (Å²) >= 11 is 7.03. The summed E-state index contributed by atoms with van der Waals surface area (Å²) in [5, 5.41) is 4.52. The molecule has 0 aliphatic rings. The summed E-state index contributed by atoms with van der Waals surface area (Å²) in [7, 11) is 0. The van der Waals surface area contributed by atoms with E-state index in [0.29, 0.717) is 0 Å². The number of benzene rings is 4. The van der Waals surface area contributed by atoms with Gasteiger partial charge in [-0.3, -0.25) is 4.79 Å². The Morgan fingerprint density at radius 3 is 1.57 bits per heavy atom. The molecule has 0 bridgehead atoms. The van der Waals surface area contributed by atoms with E-state index in [9.17, 15) is 4.79 Å². The number of halogens is 2. The molecule has 0 amide bonds. The van der Waals surface area contributed by atoms with E-state index in [2.05, 4.69) is 68.3 Å². The van der Waals surface area contributed by atoms with Gasteiger partial charge < -0.3 is 0 Å². The van der Waals surface area contributed by atoms with Crippen LogP contribution in [0.2, 0.25) is 0 Å². The Hall–Kier alpha value is -2.49. The number of fused-ring (bicyclic) bond motifs is 2. The number of hydrogen-bond donors (Lipinski definition) is 0. The highest BCUT2D eigenvalue weighted by Crippen LogP contribution is 2.25. The van der Waals surface area contributed by atoms with Crippen LogP contribution in [0.25, 0.3) is 33.7 Å². The third kappa shape index (κ3) is 4.16. The Morgan fingerprint density at radius 2 is 1.11 bits per heavy atom. The molecule has 0 unspecified atom stereocenters. The molecule has 3 heteroatoms. The lowest BCUT2D eigenvalue weighted by atomic mass is 10.0. The van der Waals surface area contributed by atoms with Crippen LogP contribution in [0.5, 0.6) is 0 Å². The first-order valence-corrected chi connectivity index (χ1v) is 10.5.